The molecule has 144 valence electrons. The highest BCUT2D eigenvalue weighted by Crippen LogP contribution is 2.31. The van der Waals surface area contributed by atoms with Gasteiger partial charge in [0.05, 0.1) is 16.9 Å². The van der Waals surface area contributed by atoms with Crippen molar-refractivity contribution in [2.24, 2.45) is 0 Å². The summed E-state index contributed by atoms with van der Waals surface area (Å²) in [6.45, 7) is 3.70. The Kier molecular flexibility index (Phi) is 4.91. The van der Waals surface area contributed by atoms with Crippen LogP contribution >= 0.6 is 0 Å². The number of carbonyl (C=O) groups excluding carboxylic acids is 1. The van der Waals surface area contributed by atoms with Crippen molar-refractivity contribution >= 4 is 28.2 Å². The van der Waals surface area contributed by atoms with Gasteiger partial charge < -0.3 is 0 Å². The van der Waals surface area contributed by atoms with Gasteiger partial charge in [0.1, 0.15) is 5.69 Å². The number of aryl methyl sites for hydroxylation is 1. The van der Waals surface area contributed by atoms with Crippen molar-refractivity contribution in [1.29, 1.82) is 0 Å². The number of aromatic nitrogens is 3. The molecule has 0 fully saturated rings. The molecule has 0 aliphatic carbocycles. The van der Waals surface area contributed by atoms with Crippen LogP contribution in [-0.2, 0) is 11.3 Å². The van der Waals surface area contributed by atoms with E-state index in [4.69, 9.17) is 0 Å². The third kappa shape index (κ3) is 3.40. The SMILES string of the molecule is CCn1nc(-c2ccccc2)cc(N(C(C)=O)c2cccc3ncccc23)c1=O. The Hall–Kier alpha value is -3.80. The minimum atomic E-state index is -0.316. The van der Waals surface area contributed by atoms with Crippen LogP contribution in [0, 0.1) is 0 Å². The molecular weight excluding hydrogens is 364 g/mol. The highest BCUT2D eigenvalue weighted by molar-refractivity contribution is 6.06. The standard InChI is InChI=1S/C23H20N4O2/c1-3-26-23(29)22(15-20(25-26)17-9-5-4-6-10-17)27(16(2)28)21-13-7-12-19-18(21)11-8-14-24-19/h4-15H,3H2,1-2H3. The largest absolute Gasteiger partial charge is 0.291 e. The molecule has 0 N–H and O–H groups in total. The van der Waals surface area contributed by atoms with E-state index in [1.165, 1.54) is 16.5 Å². The maximum absolute atomic E-state index is 13.1. The van der Waals surface area contributed by atoms with Crippen molar-refractivity contribution in [3.63, 3.8) is 0 Å². The maximum atomic E-state index is 13.1. The van der Waals surface area contributed by atoms with Crippen molar-refractivity contribution in [3.05, 3.63) is 83.3 Å². The summed E-state index contributed by atoms with van der Waals surface area (Å²) in [4.78, 5) is 31.7. The summed E-state index contributed by atoms with van der Waals surface area (Å²) in [5, 5.41) is 5.27. The molecule has 4 aromatic rings. The second-order valence-electron chi connectivity index (χ2n) is 6.60. The number of nitrogens with zero attached hydrogens (tertiary/aromatic N) is 4. The quantitative estimate of drug-likeness (QED) is 0.530. The van der Waals surface area contributed by atoms with Crippen LogP contribution in [0.15, 0.2) is 77.7 Å². The zero-order chi connectivity index (χ0) is 20.4. The lowest BCUT2D eigenvalue weighted by atomic mass is 10.1. The normalized spacial score (nSPS) is 10.8. The predicted octanol–water partition coefficient (Wildman–Crippen LogP) is 4.16. The molecule has 0 atom stereocenters. The highest BCUT2D eigenvalue weighted by Gasteiger charge is 2.22. The van der Waals surface area contributed by atoms with Crippen LogP contribution in [0.3, 0.4) is 0 Å². The fraction of sp³-hybridized carbons (Fsp3) is 0.130. The van der Waals surface area contributed by atoms with Gasteiger partial charge in [-0.2, -0.15) is 5.10 Å². The molecule has 0 saturated carbocycles. The molecule has 0 bridgehead atoms. The van der Waals surface area contributed by atoms with Gasteiger partial charge in [-0.1, -0.05) is 36.4 Å². The molecule has 4 rings (SSSR count). The van der Waals surface area contributed by atoms with E-state index in [1.807, 2.05) is 67.6 Å². The molecule has 0 aliphatic rings. The summed E-state index contributed by atoms with van der Waals surface area (Å²) in [5.41, 5.74) is 2.83. The van der Waals surface area contributed by atoms with Gasteiger partial charge in [0.25, 0.3) is 5.56 Å². The van der Waals surface area contributed by atoms with Crippen LogP contribution in [0.25, 0.3) is 22.2 Å². The van der Waals surface area contributed by atoms with Crippen molar-refractivity contribution in [1.82, 2.24) is 14.8 Å². The predicted molar refractivity (Wildman–Crippen MR) is 114 cm³/mol. The first kappa shape index (κ1) is 18.6. The third-order valence-corrected chi connectivity index (χ3v) is 4.74. The minimum absolute atomic E-state index is 0.258. The fourth-order valence-corrected chi connectivity index (χ4v) is 3.40. The average molecular weight is 384 g/mol. The number of hydrogen-bond donors (Lipinski definition) is 0. The molecule has 6 nitrogen and oxygen atoms in total. The lowest BCUT2D eigenvalue weighted by Gasteiger charge is -2.23. The van der Waals surface area contributed by atoms with Crippen LogP contribution < -0.4 is 10.5 Å². The first-order chi connectivity index (χ1) is 14.1. The monoisotopic (exact) mass is 384 g/mol. The number of fused-ring (bicyclic) bond motifs is 1. The summed E-state index contributed by atoms with van der Waals surface area (Å²) in [5.74, 6) is -0.258. The van der Waals surface area contributed by atoms with Gasteiger partial charge in [-0.05, 0) is 37.3 Å². The zero-order valence-corrected chi connectivity index (χ0v) is 16.2. The molecule has 6 heteroatoms. The second kappa shape index (κ2) is 7.67. The Bertz CT molecular complexity index is 1240. The van der Waals surface area contributed by atoms with E-state index in [-0.39, 0.29) is 17.2 Å². The molecule has 2 heterocycles. The van der Waals surface area contributed by atoms with Crippen molar-refractivity contribution in [2.75, 3.05) is 4.90 Å². The van der Waals surface area contributed by atoms with Crippen molar-refractivity contribution < 1.29 is 4.79 Å². The average Bonchev–Trinajstić information content (AvgIpc) is 2.75. The number of hydrogen-bond acceptors (Lipinski definition) is 4. The van der Waals surface area contributed by atoms with Crippen molar-refractivity contribution in [3.8, 4) is 11.3 Å². The summed E-state index contributed by atoms with van der Waals surface area (Å²) < 4.78 is 1.39. The molecule has 0 saturated heterocycles. The number of rotatable bonds is 4. The van der Waals surface area contributed by atoms with Crippen molar-refractivity contribution in [2.45, 2.75) is 20.4 Å². The Labute approximate surface area is 168 Å². The Balaban J connectivity index is 1.99. The molecule has 2 aromatic heterocycles. The number of carbonyl (C=O) groups is 1. The second-order valence-corrected chi connectivity index (χ2v) is 6.60. The van der Waals surface area contributed by atoms with Crippen LogP contribution in [-0.4, -0.2) is 20.7 Å². The van der Waals surface area contributed by atoms with Crippen LogP contribution in [0.2, 0.25) is 0 Å². The van der Waals surface area contributed by atoms with Gasteiger partial charge >= 0.3 is 0 Å². The molecule has 0 spiro atoms. The van der Waals surface area contributed by atoms with Gasteiger partial charge in [0.2, 0.25) is 5.91 Å². The highest BCUT2D eigenvalue weighted by atomic mass is 16.2. The van der Waals surface area contributed by atoms with Gasteiger partial charge in [-0.25, -0.2) is 4.68 Å². The van der Waals surface area contributed by atoms with E-state index in [1.54, 1.807) is 12.3 Å². The lowest BCUT2D eigenvalue weighted by molar-refractivity contribution is -0.115. The first-order valence-electron chi connectivity index (χ1n) is 9.42. The van der Waals surface area contributed by atoms with Crippen LogP contribution in [0.4, 0.5) is 11.4 Å². The van der Waals surface area contributed by atoms with E-state index in [0.717, 1.165) is 16.5 Å². The van der Waals surface area contributed by atoms with Crippen LogP contribution in [0.1, 0.15) is 13.8 Å². The third-order valence-electron chi connectivity index (χ3n) is 4.74. The smallest absolute Gasteiger partial charge is 0.275 e. The molecule has 0 aliphatic heterocycles. The molecule has 0 unspecified atom stereocenters. The van der Waals surface area contributed by atoms with E-state index < -0.39 is 0 Å². The molecule has 29 heavy (non-hydrogen) atoms. The Morgan fingerprint density at radius 1 is 1.00 bits per heavy atom. The molecule has 0 radical (unpaired) electrons. The zero-order valence-electron chi connectivity index (χ0n) is 16.2. The first-order valence-corrected chi connectivity index (χ1v) is 9.42. The topological polar surface area (TPSA) is 68.1 Å². The molecular formula is C23H20N4O2. The minimum Gasteiger partial charge on any atom is -0.275 e. The molecule has 1 amide bonds. The summed E-state index contributed by atoms with van der Waals surface area (Å²) >= 11 is 0. The van der Waals surface area contributed by atoms with E-state index >= 15 is 0 Å². The summed E-state index contributed by atoms with van der Waals surface area (Å²) in [6, 6.07) is 20.5. The van der Waals surface area contributed by atoms with E-state index in [9.17, 15) is 9.59 Å². The number of anilines is 2. The Morgan fingerprint density at radius 2 is 1.79 bits per heavy atom. The van der Waals surface area contributed by atoms with Gasteiger partial charge in [-0.3, -0.25) is 19.5 Å². The van der Waals surface area contributed by atoms with Gasteiger partial charge in [0, 0.05) is 30.6 Å². The summed E-state index contributed by atoms with van der Waals surface area (Å²) in [7, 11) is 0. The van der Waals surface area contributed by atoms with Gasteiger partial charge in [0.15, 0.2) is 0 Å². The van der Waals surface area contributed by atoms with Gasteiger partial charge in [-0.15, -0.1) is 0 Å². The number of amides is 1. The number of benzene rings is 2. The summed E-state index contributed by atoms with van der Waals surface area (Å²) in [6.07, 6.45) is 1.70. The van der Waals surface area contributed by atoms with Crippen LogP contribution in [0.5, 0.6) is 0 Å². The number of pyridine rings is 1. The maximum Gasteiger partial charge on any atom is 0.291 e. The van der Waals surface area contributed by atoms with E-state index in [2.05, 4.69) is 10.1 Å². The van der Waals surface area contributed by atoms with E-state index in [0.29, 0.717) is 17.9 Å². The fourth-order valence-electron chi connectivity index (χ4n) is 3.40. The molecule has 2 aromatic carbocycles. The Morgan fingerprint density at radius 3 is 2.52 bits per heavy atom. The lowest BCUT2D eigenvalue weighted by Crippen LogP contribution is -2.33.